The van der Waals surface area contributed by atoms with Gasteiger partial charge in [-0.25, -0.2) is 0 Å². The molecule has 0 spiro atoms. The molecular formula is C17H18ClN7O3S. The largest absolute Gasteiger partial charge is 0.324 e. The Labute approximate surface area is 175 Å². The standard InChI is InChI=1S/C17H18ClN7O3S/c1-10-16(25(27)28)11(2)24(22-10)8-14-20-21-17(23(14)3)29-9-15(26)19-13-7-5-4-6-12(13)18/h4-7H,8-9H2,1-3H3,(H,19,26). The molecular weight excluding hydrogens is 418 g/mol. The van der Waals surface area contributed by atoms with Gasteiger partial charge in [0.15, 0.2) is 11.0 Å². The van der Waals surface area contributed by atoms with E-state index in [-0.39, 0.29) is 23.9 Å². The number of anilines is 1. The Bertz CT molecular complexity index is 1080. The number of thioether (sulfide) groups is 1. The van der Waals surface area contributed by atoms with Crippen LogP contribution in [0.5, 0.6) is 0 Å². The lowest BCUT2D eigenvalue weighted by Crippen LogP contribution is -2.15. The molecule has 0 fully saturated rings. The highest BCUT2D eigenvalue weighted by molar-refractivity contribution is 7.99. The Morgan fingerprint density at radius 1 is 1.31 bits per heavy atom. The molecule has 1 amide bonds. The summed E-state index contributed by atoms with van der Waals surface area (Å²) < 4.78 is 3.26. The van der Waals surface area contributed by atoms with E-state index in [4.69, 9.17) is 11.6 Å². The number of benzene rings is 1. The highest BCUT2D eigenvalue weighted by atomic mass is 35.5. The molecule has 2 heterocycles. The van der Waals surface area contributed by atoms with E-state index in [2.05, 4.69) is 20.6 Å². The molecule has 0 saturated heterocycles. The number of rotatable bonds is 7. The summed E-state index contributed by atoms with van der Waals surface area (Å²) in [6.45, 7) is 3.47. The first-order valence-corrected chi connectivity index (χ1v) is 9.88. The number of aryl methyl sites for hydroxylation is 1. The lowest BCUT2D eigenvalue weighted by molar-refractivity contribution is -0.386. The second-order valence-electron chi connectivity index (χ2n) is 6.21. The molecule has 152 valence electrons. The molecule has 0 saturated carbocycles. The SMILES string of the molecule is Cc1nn(Cc2nnc(SCC(=O)Nc3ccccc3Cl)n2C)c(C)c1[N+](=O)[O-]. The van der Waals surface area contributed by atoms with Crippen molar-refractivity contribution < 1.29 is 9.72 Å². The van der Waals surface area contributed by atoms with Gasteiger partial charge in [0.1, 0.15) is 17.9 Å². The maximum Gasteiger partial charge on any atom is 0.312 e. The van der Waals surface area contributed by atoms with Crippen LogP contribution in [0.4, 0.5) is 11.4 Å². The molecule has 10 nitrogen and oxygen atoms in total. The van der Waals surface area contributed by atoms with Crippen LogP contribution in [-0.4, -0.2) is 41.1 Å². The van der Waals surface area contributed by atoms with Crippen LogP contribution >= 0.6 is 23.4 Å². The van der Waals surface area contributed by atoms with Gasteiger partial charge in [0.05, 0.1) is 21.4 Å². The van der Waals surface area contributed by atoms with Crippen LogP contribution in [0, 0.1) is 24.0 Å². The van der Waals surface area contributed by atoms with Crippen LogP contribution < -0.4 is 5.32 Å². The zero-order chi connectivity index (χ0) is 21.1. The van der Waals surface area contributed by atoms with E-state index in [9.17, 15) is 14.9 Å². The molecule has 12 heteroatoms. The quantitative estimate of drug-likeness (QED) is 0.344. The average Bonchev–Trinajstić information content (AvgIpc) is 3.15. The Morgan fingerprint density at radius 2 is 2.03 bits per heavy atom. The van der Waals surface area contributed by atoms with Crippen molar-refractivity contribution in [3.8, 4) is 0 Å². The molecule has 1 aromatic carbocycles. The van der Waals surface area contributed by atoms with Gasteiger partial charge in [-0.15, -0.1) is 10.2 Å². The van der Waals surface area contributed by atoms with Gasteiger partial charge in [-0.2, -0.15) is 5.10 Å². The molecule has 3 aromatic rings. The van der Waals surface area contributed by atoms with E-state index >= 15 is 0 Å². The maximum atomic E-state index is 12.2. The molecule has 0 bridgehead atoms. The van der Waals surface area contributed by atoms with E-state index in [1.807, 2.05) is 0 Å². The third-order valence-corrected chi connectivity index (χ3v) is 5.57. The van der Waals surface area contributed by atoms with Gasteiger partial charge in [0.25, 0.3) is 0 Å². The summed E-state index contributed by atoms with van der Waals surface area (Å²) in [6.07, 6.45) is 0. The fourth-order valence-corrected chi connectivity index (χ4v) is 3.64. The first-order chi connectivity index (χ1) is 13.8. The topological polar surface area (TPSA) is 121 Å². The Kier molecular flexibility index (Phi) is 6.18. The molecule has 0 aliphatic heterocycles. The van der Waals surface area contributed by atoms with Crippen molar-refractivity contribution in [2.75, 3.05) is 11.1 Å². The summed E-state index contributed by atoms with van der Waals surface area (Å²) in [4.78, 5) is 22.9. The summed E-state index contributed by atoms with van der Waals surface area (Å²) in [5.74, 6) is 0.476. The number of nitro groups is 1. The predicted octanol–water partition coefficient (Wildman–Crippen LogP) is 2.97. The first-order valence-electron chi connectivity index (χ1n) is 8.51. The number of para-hydroxylation sites is 1. The van der Waals surface area contributed by atoms with Crippen LogP contribution in [0.25, 0.3) is 0 Å². The van der Waals surface area contributed by atoms with E-state index in [0.29, 0.717) is 33.1 Å². The zero-order valence-electron chi connectivity index (χ0n) is 15.9. The van der Waals surface area contributed by atoms with E-state index < -0.39 is 4.92 Å². The minimum absolute atomic E-state index is 0.00184. The first kappa shape index (κ1) is 20.8. The number of hydrogen-bond acceptors (Lipinski definition) is 7. The number of nitrogens with one attached hydrogen (secondary N) is 1. The molecule has 0 aliphatic rings. The molecule has 0 unspecified atom stereocenters. The molecule has 29 heavy (non-hydrogen) atoms. The Morgan fingerprint density at radius 3 is 2.69 bits per heavy atom. The number of carbonyl (C=O) groups is 1. The fourth-order valence-electron chi connectivity index (χ4n) is 2.73. The van der Waals surface area contributed by atoms with Crippen molar-refractivity contribution in [1.29, 1.82) is 0 Å². The maximum absolute atomic E-state index is 12.2. The van der Waals surface area contributed by atoms with Crippen LogP contribution in [0.2, 0.25) is 5.02 Å². The molecule has 2 aromatic heterocycles. The summed E-state index contributed by atoms with van der Waals surface area (Å²) in [5, 5.41) is 27.3. The van der Waals surface area contributed by atoms with Gasteiger partial charge in [0, 0.05) is 7.05 Å². The fraction of sp³-hybridized carbons (Fsp3) is 0.294. The normalized spacial score (nSPS) is 10.9. The van der Waals surface area contributed by atoms with Crippen molar-refractivity contribution in [3.63, 3.8) is 0 Å². The van der Waals surface area contributed by atoms with Gasteiger partial charge in [-0.3, -0.25) is 19.6 Å². The number of carbonyl (C=O) groups excluding carboxylic acids is 1. The second-order valence-corrected chi connectivity index (χ2v) is 7.56. The third-order valence-electron chi connectivity index (χ3n) is 4.22. The minimum Gasteiger partial charge on any atom is -0.324 e. The number of nitrogens with zero attached hydrogens (tertiary/aromatic N) is 6. The monoisotopic (exact) mass is 435 g/mol. The number of aromatic nitrogens is 5. The van der Waals surface area contributed by atoms with Gasteiger partial charge in [-0.05, 0) is 26.0 Å². The minimum atomic E-state index is -0.441. The zero-order valence-corrected chi connectivity index (χ0v) is 17.5. The van der Waals surface area contributed by atoms with E-state index in [1.54, 1.807) is 49.7 Å². The molecule has 3 rings (SSSR count). The van der Waals surface area contributed by atoms with Gasteiger partial charge in [-0.1, -0.05) is 35.5 Å². The highest BCUT2D eigenvalue weighted by Gasteiger charge is 2.23. The summed E-state index contributed by atoms with van der Waals surface area (Å²) in [5.41, 5.74) is 1.34. The summed E-state index contributed by atoms with van der Waals surface area (Å²) in [7, 11) is 1.77. The highest BCUT2D eigenvalue weighted by Crippen LogP contribution is 2.24. The lowest BCUT2D eigenvalue weighted by Gasteiger charge is -2.07. The summed E-state index contributed by atoms with van der Waals surface area (Å²) >= 11 is 7.26. The van der Waals surface area contributed by atoms with Crippen molar-refractivity contribution in [2.24, 2.45) is 7.05 Å². The van der Waals surface area contributed by atoms with Crippen LogP contribution in [0.1, 0.15) is 17.2 Å². The third kappa shape index (κ3) is 4.57. The van der Waals surface area contributed by atoms with Crippen molar-refractivity contribution in [3.05, 3.63) is 56.6 Å². The molecule has 0 radical (unpaired) electrons. The number of amides is 1. The van der Waals surface area contributed by atoms with E-state index in [0.717, 1.165) is 0 Å². The molecule has 0 aliphatic carbocycles. The average molecular weight is 436 g/mol. The van der Waals surface area contributed by atoms with Crippen molar-refractivity contribution in [1.82, 2.24) is 24.5 Å². The van der Waals surface area contributed by atoms with Crippen LogP contribution in [0.15, 0.2) is 29.4 Å². The van der Waals surface area contributed by atoms with Crippen LogP contribution in [0.3, 0.4) is 0 Å². The molecule has 1 N–H and O–H groups in total. The Hall–Kier alpha value is -2.92. The predicted molar refractivity (Wildman–Crippen MR) is 109 cm³/mol. The smallest absolute Gasteiger partial charge is 0.312 e. The van der Waals surface area contributed by atoms with Crippen molar-refractivity contribution >= 4 is 40.6 Å². The second kappa shape index (κ2) is 8.62. The lowest BCUT2D eigenvalue weighted by atomic mass is 10.3. The number of hydrogen-bond donors (Lipinski definition) is 1. The number of halogens is 1. The van der Waals surface area contributed by atoms with Crippen LogP contribution in [-0.2, 0) is 18.4 Å². The van der Waals surface area contributed by atoms with Crippen molar-refractivity contribution in [2.45, 2.75) is 25.5 Å². The van der Waals surface area contributed by atoms with Gasteiger partial charge >= 0.3 is 5.69 Å². The summed E-state index contributed by atoms with van der Waals surface area (Å²) in [6, 6.07) is 6.99. The van der Waals surface area contributed by atoms with Gasteiger partial charge < -0.3 is 9.88 Å². The van der Waals surface area contributed by atoms with Gasteiger partial charge in [0.2, 0.25) is 5.91 Å². The Balaban J connectivity index is 1.66. The van der Waals surface area contributed by atoms with E-state index in [1.165, 1.54) is 16.4 Å². The molecule has 0 atom stereocenters.